The zero-order valence-electron chi connectivity index (χ0n) is 10.1. The van der Waals surface area contributed by atoms with Crippen molar-refractivity contribution in [1.82, 2.24) is 0 Å². The normalized spacial score (nSPS) is 19.1. The molecule has 1 aliphatic heterocycles. The lowest BCUT2D eigenvalue weighted by Gasteiger charge is -2.30. The lowest BCUT2D eigenvalue weighted by Crippen LogP contribution is -2.24. The molecule has 0 spiro atoms. The molecular weight excluding hydrogens is 214 g/mol. The molecule has 1 fully saturated rings. The summed E-state index contributed by atoms with van der Waals surface area (Å²) in [5, 5.41) is 9.97. The van der Waals surface area contributed by atoms with E-state index in [1.807, 2.05) is 18.2 Å². The van der Waals surface area contributed by atoms with Crippen LogP contribution >= 0.6 is 0 Å². The van der Waals surface area contributed by atoms with Gasteiger partial charge in [-0.15, -0.1) is 0 Å². The zero-order valence-corrected chi connectivity index (χ0v) is 10.1. The predicted molar refractivity (Wildman–Crippen MR) is 68.1 cm³/mol. The van der Waals surface area contributed by atoms with Gasteiger partial charge in [-0.1, -0.05) is 18.2 Å². The zero-order chi connectivity index (χ0) is 12.1. The average molecular weight is 235 g/mol. The van der Waals surface area contributed by atoms with E-state index in [-0.39, 0.29) is 0 Å². The van der Waals surface area contributed by atoms with Gasteiger partial charge in [0.2, 0.25) is 0 Å². The molecule has 1 heterocycles. The maximum Gasteiger partial charge on any atom is 0.119 e. The molecule has 3 heteroatoms. The van der Waals surface area contributed by atoms with Crippen LogP contribution in [0.2, 0.25) is 0 Å². The van der Waals surface area contributed by atoms with Gasteiger partial charge in [0.1, 0.15) is 5.75 Å². The molecule has 0 aliphatic carbocycles. The fourth-order valence-corrected chi connectivity index (χ4v) is 2.74. The summed E-state index contributed by atoms with van der Waals surface area (Å²) < 4.78 is 5.40. The molecule has 0 radical (unpaired) electrons. The Bertz CT molecular complexity index is 348. The van der Waals surface area contributed by atoms with Crippen LogP contribution in [-0.4, -0.2) is 24.9 Å². The van der Waals surface area contributed by atoms with Crippen molar-refractivity contribution in [1.29, 1.82) is 0 Å². The molecule has 1 aromatic rings. The number of rotatable bonds is 4. The number of aromatic hydroxyl groups is 1. The summed E-state index contributed by atoms with van der Waals surface area (Å²) in [6, 6.07) is 7.63. The second-order valence-corrected chi connectivity index (χ2v) is 4.69. The van der Waals surface area contributed by atoms with E-state index in [1.165, 1.54) is 0 Å². The van der Waals surface area contributed by atoms with Gasteiger partial charge >= 0.3 is 0 Å². The first-order valence-corrected chi connectivity index (χ1v) is 6.38. The third kappa shape index (κ3) is 2.99. The summed E-state index contributed by atoms with van der Waals surface area (Å²) in [7, 11) is 0. The molecule has 0 amide bonds. The van der Waals surface area contributed by atoms with Crippen LogP contribution in [0.25, 0.3) is 0 Å². The van der Waals surface area contributed by atoms with Crippen LogP contribution in [0.5, 0.6) is 5.75 Å². The Balaban J connectivity index is 2.18. The van der Waals surface area contributed by atoms with E-state index in [0.29, 0.717) is 24.1 Å². The quantitative estimate of drug-likeness (QED) is 0.841. The van der Waals surface area contributed by atoms with Crippen LogP contribution in [0.3, 0.4) is 0 Å². The van der Waals surface area contributed by atoms with E-state index in [1.54, 1.807) is 6.07 Å². The maximum absolute atomic E-state index is 9.97. The topological polar surface area (TPSA) is 55.5 Å². The Morgan fingerprint density at radius 1 is 1.29 bits per heavy atom. The molecule has 0 bridgehead atoms. The molecule has 1 aliphatic rings. The lowest BCUT2D eigenvalue weighted by atomic mass is 9.79. The van der Waals surface area contributed by atoms with E-state index >= 15 is 0 Å². The van der Waals surface area contributed by atoms with Crippen LogP contribution in [0.1, 0.15) is 30.7 Å². The fourth-order valence-electron chi connectivity index (χ4n) is 2.74. The summed E-state index contributed by atoms with van der Waals surface area (Å²) >= 11 is 0. The first-order valence-electron chi connectivity index (χ1n) is 6.38. The third-order valence-electron chi connectivity index (χ3n) is 3.65. The minimum Gasteiger partial charge on any atom is -0.508 e. The van der Waals surface area contributed by atoms with Crippen LogP contribution in [0.4, 0.5) is 0 Å². The molecule has 3 nitrogen and oxygen atoms in total. The lowest BCUT2D eigenvalue weighted by molar-refractivity contribution is 0.0567. The van der Waals surface area contributed by atoms with Crippen molar-refractivity contribution >= 4 is 0 Å². The van der Waals surface area contributed by atoms with Crippen LogP contribution < -0.4 is 5.73 Å². The molecule has 0 aromatic heterocycles. The highest BCUT2D eigenvalue weighted by Gasteiger charge is 2.26. The van der Waals surface area contributed by atoms with E-state index < -0.39 is 0 Å². The number of hydrogen-bond acceptors (Lipinski definition) is 3. The molecule has 3 N–H and O–H groups in total. The number of benzene rings is 1. The van der Waals surface area contributed by atoms with Crippen molar-refractivity contribution in [3.05, 3.63) is 29.8 Å². The molecule has 1 unspecified atom stereocenters. The molecule has 17 heavy (non-hydrogen) atoms. The molecule has 0 saturated carbocycles. The Morgan fingerprint density at radius 3 is 2.65 bits per heavy atom. The number of phenolic OH excluding ortho intramolecular Hbond substituents is 1. The van der Waals surface area contributed by atoms with Gasteiger partial charge < -0.3 is 15.6 Å². The van der Waals surface area contributed by atoms with Crippen molar-refractivity contribution in [2.45, 2.75) is 25.2 Å². The largest absolute Gasteiger partial charge is 0.508 e. The van der Waals surface area contributed by atoms with Crippen LogP contribution in [0, 0.1) is 5.92 Å². The molecule has 94 valence electrons. The number of ether oxygens (including phenoxy) is 1. The number of hydrogen-bond donors (Lipinski definition) is 2. The van der Waals surface area contributed by atoms with Crippen molar-refractivity contribution in [3.63, 3.8) is 0 Å². The summed E-state index contributed by atoms with van der Waals surface area (Å²) in [6.45, 7) is 2.33. The van der Waals surface area contributed by atoms with E-state index in [4.69, 9.17) is 10.5 Å². The van der Waals surface area contributed by atoms with E-state index in [9.17, 15) is 5.11 Å². The Morgan fingerprint density at radius 2 is 2.00 bits per heavy atom. The summed E-state index contributed by atoms with van der Waals surface area (Å²) in [6.07, 6.45) is 3.07. The van der Waals surface area contributed by atoms with Crippen molar-refractivity contribution in [2.75, 3.05) is 19.8 Å². The molecule has 1 atom stereocenters. The maximum atomic E-state index is 9.97. The number of phenols is 1. The van der Waals surface area contributed by atoms with Gasteiger partial charge in [0.15, 0.2) is 0 Å². The Labute approximate surface area is 103 Å². The smallest absolute Gasteiger partial charge is 0.119 e. The van der Waals surface area contributed by atoms with Crippen LogP contribution in [-0.2, 0) is 4.74 Å². The summed E-state index contributed by atoms with van der Waals surface area (Å²) in [4.78, 5) is 0. The number of nitrogens with two attached hydrogens (primary N) is 1. The van der Waals surface area contributed by atoms with Crippen LogP contribution in [0.15, 0.2) is 24.3 Å². The summed E-state index contributed by atoms with van der Waals surface area (Å²) in [5.41, 5.74) is 6.76. The minimum atomic E-state index is 0.366. The molecule has 1 aromatic carbocycles. The molecule has 1 saturated heterocycles. The van der Waals surface area contributed by atoms with Gasteiger partial charge in [0.05, 0.1) is 0 Å². The standard InChI is InChI=1S/C14H21NO2/c15-8-5-12(11-6-9-17-10-7-11)13-3-1-2-4-14(13)16/h1-4,11-12,16H,5-10,15H2. The molecule has 2 rings (SSSR count). The van der Waals surface area contributed by atoms with Crippen molar-refractivity contribution < 1.29 is 9.84 Å². The van der Waals surface area contributed by atoms with Crippen molar-refractivity contribution in [2.24, 2.45) is 11.7 Å². The first kappa shape index (κ1) is 12.4. The Kier molecular flexibility index (Phi) is 4.40. The van der Waals surface area contributed by atoms with Gasteiger partial charge in [-0.05, 0) is 49.3 Å². The molecular formula is C14H21NO2. The first-order chi connectivity index (χ1) is 8.33. The summed E-state index contributed by atoms with van der Waals surface area (Å²) in [5.74, 6) is 1.35. The predicted octanol–water partition coefficient (Wildman–Crippen LogP) is 2.25. The monoisotopic (exact) mass is 235 g/mol. The van der Waals surface area contributed by atoms with Gasteiger partial charge in [0, 0.05) is 13.2 Å². The van der Waals surface area contributed by atoms with Gasteiger partial charge in [-0.2, -0.15) is 0 Å². The van der Waals surface area contributed by atoms with Crippen molar-refractivity contribution in [3.8, 4) is 5.75 Å². The van der Waals surface area contributed by atoms with Gasteiger partial charge in [0.25, 0.3) is 0 Å². The van der Waals surface area contributed by atoms with E-state index in [0.717, 1.165) is 38.0 Å². The van der Waals surface area contributed by atoms with Gasteiger partial charge in [-0.25, -0.2) is 0 Å². The van der Waals surface area contributed by atoms with E-state index in [2.05, 4.69) is 0 Å². The average Bonchev–Trinajstić information content (AvgIpc) is 2.38. The minimum absolute atomic E-state index is 0.366. The number of para-hydroxylation sites is 1. The highest BCUT2D eigenvalue weighted by atomic mass is 16.5. The van der Waals surface area contributed by atoms with Gasteiger partial charge in [-0.3, -0.25) is 0 Å². The third-order valence-corrected chi connectivity index (χ3v) is 3.65. The highest BCUT2D eigenvalue weighted by Crippen LogP contribution is 2.38. The Hall–Kier alpha value is -1.06. The second kappa shape index (κ2) is 6.03. The fraction of sp³-hybridized carbons (Fsp3) is 0.571. The SMILES string of the molecule is NCCC(c1ccccc1O)C1CCOCC1. The second-order valence-electron chi connectivity index (χ2n) is 4.69. The highest BCUT2D eigenvalue weighted by molar-refractivity contribution is 5.35.